The van der Waals surface area contributed by atoms with Gasteiger partial charge >= 0.3 is 0 Å². The third-order valence-corrected chi connectivity index (χ3v) is 2.45. The Kier molecular flexibility index (Phi) is 2.03. The van der Waals surface area contributed by atoms with E-state index in [-0.39, 0.29) is 6.61 Å². The first-order valence-corrected chi connectivity index (χ1v) is 4.46. The fourth-order valence-corrected chi connectivity index (χ4v) is 1.83. The van der Waals surface area contributed by atoms with Crippen LogP contribution in [0.5, 0.6) is 0 Å². The van der Waals surface area contributed by atoms with E-state index < -0.39 is 0 Å². The van der Waals surface area contributed by atoms with E-state index >= 15 is 0 Å². The van der Waals surface area contributed by atoms with Gasteiger partial charge in [0.1, 0.15) is 6.07 Å². The maximum absolute atomic E-state index is 9.02. The van der Waals surface area contributed by atoms with Crippen LogP contribution in [0.3, 0.4) is 0 Å². The van der Waals surface area contributed by atoms with Crippen LogP contribution >= 0.6 is 0 Å². The fourth-order valence-electron chi connectivity index (χ4n) is 1.83. The summed E-state index contributed by atoms with van der Waals surface area (Å²) < 4.78 is 1.93. The Morgan fingerprint density at radius 3 is 3.08 bits per heavy atom. The van der Waals surface area contributed by atoms with E-state index in [0.29, 0.717) is 11.5 Å². The summed E-state index contributed by atoms with van der Waals surface area (Å²) >= 11 is 0. The molecular formula is C9H11N3O. The minimum absolute atomic E-state index is 0.0585. The van der Waals surface area contributed by atoms with Gasteiger partial charge in [0, 0.05) is 12.2 Å². The molecule has 1 aromatic heterocycles. The number of aliphatic hydroxyl groups is 1. The topological polar surface area (TPSA) is 61.8 Å². The van der Waals surface area contributed by atoms with Crippen LogP contribution < -0.4 is 0 Å². The fraction of sp³-hybridized carbons (Fsp3) is 0.556. The lowest BCUT2D eigenvalue weighted by molar-refractivity contribution is 0.275. The summed E-state index contributed by atoms with van der Waals surface area (Å²) in [7, 11) is 0. The highest BCUT2D eigenvalue weighted by Gasteiger charge is 2.18. The Hall–Kier alpha value is -1.34. The van der Waals surface area contributed by atoms with E-state index in [0.717, 1.165) is 31.5 Å². The lowest BCUT2D eigenvalue weighted by Crippen LogP contribution is -2.12. The van der Waals surface area contributed by atoms with Crippen molar-refractivity contribution in [3.8, 4) is 6.07 Å². The molecule has 0 radical (unpaired) electrons. The molecule has 0 saturated carbocycles. The summed E-state index contributed by atoms with van der Waals surface area (Å²) in [4.78, 5) is 4.08. The van der Waals surface area contributed by atoms with Gasteiger partial charge in [-0.1, -0.05) is 0 Å². The second kappa shape index (κ2) is 3.19. The Labute approximate surface area is 76.4 Å². The van der Waals surface area contributed by atoms with E-state index in [9.17, 15) is 0 Å². The van der Waals surface area contributed by atoms with Gasteiger partial charge in [-0.15, -0.1) is 0 Å². The average Bonchev–Trinajstić information content (AvgIpc) is 2.56. The van der Waals surface area contributed by atoms with Crippen molar-refractivity contribution < 1.29 is 5.11 Å². The van der Waals surface area contributed by atoms with Crippen LogP contribution in [0.1, 0.15) is 30.1 Å². The molecule has 1 aliphatic heterocycles. The number of rotatable bonds is 1. The highest BCUT2D eigenvalue weighted by molar-refractivity contribution is 5.25. The Bertz CT molecular complexity index is 362. The Morgan fingerprint density at radius 2 is 2.38 bits per heavy atom. The van der Waals surface area contributed by atoms with E-state index in [1.807, 2.05) is 4.57 Å². The van der Waals surface area contributed by atoms with Crippen molar-refractivity contribution >= 4 is 0 Å². The lowest BCUT2D eigenvalue weighted by atomic mass is 10.1. The zero-order valence-electron chi connectivity index (χ0n) is 7.32. The van der Waals surface area contributed by atoms with Gasteiger partial charge in [0.15, 0.2) is 0 Å². The molecule has 0 bridgehead atoms. The van der Waals surface area contributed by atoms with E-state index in [2.05, 4.69) is 11.1 Å². The molecule has 1 aromatic rings. The molecule has 0 atom stereocenters. The van der Waals surface area contributed by atoms with E-state index in [1.165, 1.54) is 0 Å². The number of aliphatic hydroxyl groups excluding tert-OH is 1. The van der Waals surface area contributed by atoms with Crippen molar-refractivity contribution in [2.24, 2.45) is 0 Å². The molecule has 0 saturated heterocycles. The lowest BCUT2D eigenvalue weighted by Gasteiger charge is -2.15. The molecule has 0 aliphatic carbocycles. The van der Waals surface area contributed by atoms with Crippen LogP contribution in [0.4, 0.5) is 0 Å². The molecule has 0 fully saturated rings. The molecule has 2 heterocycles. The van der Waals surface area contributed by atoms with Crippen LogP contribution in [0.15, 0.2) is 0 Å². The number of aromatic nitrogens is 2. The molecule has 1 N–H and O–H groups in total. The Balaban J connectivity index is 2.52. The van der Waals surface area contributed by atoms with Crippen LogP contribution in [-0.2, 0) is 19.6 Å². The highest BCUT2D eigenvalue weighted by Crippen LogP contribution is 2.20. The maximum atomic E-state index is 9.02. The predicted molar refractivity (Wildman–Crippen MR) is 45.8 cm³/mol. The smallest absolute Gasteiger partial charge is 0.213 e. The molecule has 1 aliphatic rings. The summed E-state index contributed by atoms with van der Waals surface area (Å²) in [5.74, 6) is 0.443. The summed E-state index contributed by atoms with van der Waals surface area (Å²) in [6, 6.07) is 2.05. The van der Waals surface area contributed by atoms with Crippen LogP contribution in [0, 0.1) is 11.3 Å². The molecule has 0 aromatic carbocycles. The second-order valence-electron chi connectivity index (χ2n) is 3.21. The standard InChI is InChI=1S/C9H11N3O/c10-5-9-11-7(6-13)8-3-1-2-4-12(8)9/h13H,1-4,6H2. The van der Waals surface area contributed by atoms with Gasteiger partial charge in [-0.2, -0.15) is 5.26 Å². The quantitative estimate of drug-likeness (QED) is 0.682. The summed E-state index contributed by atoms with van der Waals surface area (Å²) in [6.07, 6.45) is 3.16. The van der Waals surface area contributed by atoms with E-state index in [4.69, 9.17) is 10.4 Å². The average molecular weight is 177 g/mol. The molecule has 0 spiro atoms. The minimum atomic E-state index is -0.0585. The summed E-state index contributed by atoms with van der Waals surface area (Å²) in [5, 5.41) is 17.8. The van der Waals surface area contributed by atoms with Gasteiger partial charge in [-0.25, -0.2) is 4.98 Å². The summed E-state index contributed by atoms with van der Waals surface area (Å²) in [5.41, 5.74) is 1.72. The van der Waals surface area contributed by atoms with Crippen molar-refractivity contribution in [3.63, 3.8) is 0 Å². The van der Waals surface area contributed by atoms with Crippen LogP contribution in [-0.4, -0.2) is 14.7 Å². The molecule has 13 heavy (non-hydrogen) atoms. The van der Waals surface area contributed by atoms with Gasteiger partial charge in [-0.3, -0.25) is 0 Å². The molecular weight excluding hydrogens is 166 g/mol. The van der Waals surface area contributed by atoms with Gasteiger partial charge in [0.25, 0.3) is 0 Å². The first-order chi connectivity index (χ1) is 6.36. The first kappa shape index (κ1) is 8.27. The number of nitriles is 1. The number of hydrogen-bond acceptors (Lipinski definition) is 3. The molecule has 4 nitrogen and oxygen atoms in total. The monoisotopic (exact) mass is 177 g/mol. The van der Waals surface area contributed by atoms with Gasteiger partial charge < -0.3 is 9.67 Å². The van der Waals surface area contributed by atoms with E-state index in [1.54, 1.807) is 0 Å². The minimum Gasteiger partial charge on any atom is -0.390 e. The number of imidazole rings is 1. The largest absolute Gasteiger partial charge is 0.390 e. The number of fused-ring (bicyclic) bond motifs is 1. The molecule has 4 heteroatoms. The van der Waals surface area contributed by atoms with Crippen LogP contribution in [0.2, 0.25) is 0 Å². The molecule has 0 amide bonds. The summed E-state index contributed by atoms with van der Waals surface area (Å²) in [6.45, 7) is 0.808. The Morgan fingerprint density at radius 1 is 1.54 bits per heavy atom. The number of nitrogens with zero attached hydrogens (tertiary/aromatic N) is 3. The second-order valence-corrected chi connectivity index (χ2v) is 3.21. The van der Waals surface area contributed by atoms with Crippen molar-refractivity contribution in [3.05, 3.63) is 17.2 Å². The van der Waals surface area contributed by atoms with Gasteiger partial charge in [0.2, 0.25) is 5.82 Å². The zero-order chi connectivity index (χ0) is 9.26. The van der Waals surface area contributed by atoms with Crippen molar-refractivity contribution in [1.82, 2.24) is 9.55 Å². The third kappa shape index (κ3) is 1.21. The normalized spacial score (nSPS) is 15.1. The van der Waals surface area contributed by atoms with Crippen LogP contribution in [0.25, 0.3) is 0 Å². The molecule has 68 valence electrons. The molecule has 0 unspecified atom stereocenters. The zero-order valence-corrected chi connectivity index (χ0v) is 7.32. The first-order valence-electron chi connectivity index (χ1n) is 4.46. The third-order valence-electron chi connectivity index (χ3n) is 2.45. The maximum Gasteiger partial charge on any atom is 0.213 e. The van der Waals surface area contributed by atoms with Gasteiger partial charge in [0.05, 0.1) is 12.3 Å². The molecule has 2 rings (SSSR count). The SMILES string of the molecule is N#Cc1nc(CO)c2n1CCCC2. The van der Waals surface area contributed by atoms with Gasteiger partial charge in [-0.05, 0) is 19.3 Å². The van der Waals surface area contributed by atoms with Crippen molar-refractivity contribution in [1.29, 1.82) is 5.26 Å². The van der Waals surface area contributed by atoms with Crippen molar-refractivity contribution in [2.45, 2.75) is 32.4 Å². The predicted octanol–water partition coefficient (Wildman–Crippen LogP) is 0.583. The van der Waals surface area contributed by atoms with Crippen molar-refractivity contribution in [2.75, 3.05) is 0 Å². The highest BCUT2D eigenvalue weighted by atomic mass is 16.3. The number of hydrogen-bond donors (Lipinski definition) is 1.